The Hall–Kier alpha value is -6.13. The van der Waals surface area contributed by atoms with Crippen LogP contribution in [-0.2, 0) is 33.3 Å². The van der Waals surface area contributed by atoms with Crippen LogP contribution in [0.25, 0.3) is 0 Å². The van der Waals surface area contributed by atoms with E-state index in [2.05, 4.69) is 220 Å². The lowest BCUT2D eigenvalue weighted by atomic mass is 10.1. The van der Waals surface area contributed by atoms with E-state index in [9.17, 15) is 19.5 Å². The van der Waals surface area contributed by atoms with E-state index in [-0.39, 0.29) is 38.6 Å². The number of quaternary nitrogens is 1. The summed E-state index contributed by atoms with van der Waals surface area (Å²) in [6, 6.07) is 0. The van der Waals surface area contributed by atoms with E-state index in [1.165, 1.54) is 57.8 Å². The number of carbonyl (C=O) groups excluding carboxylic acids is 2. The van der Waals surface area contributed by atoms with Gasteiger partial charge in [0.15, 0.2) is 6.10 Å². The van der Waals surface area contributed by atoms with Gasteiger partial charge in [0.2, 0.25) is 0 Å². The summed E-state index contributed by atoms with van der Waals surface area (Å²) in [6.07, 6.45) is 112. The SMILES string of the molecule is CC/C=C\C/C=C\C/C=C\C/C=C\C/C=C\C/C=C\C/C=C\C/C=C\C/C=C\C/C=C\CCCCCCCCCCC(=O)OC(COC(=O)CCCCCCCCCCC/C=C\C/C=C\C/C=C\C/C=C\C/C=C\C/C=C\C/C=C\CC)COC(OCC[N+](C)(C)C)C(=O)O. The van der Waals surface area contributed by atoms with E-state index < -0.39 is 24.3 Å². The Morgan fingerprint density at radius 3 is 0.842 bits per heavy atom. The third-order valence-electron chi connectivity index (χ3n) is 15.0. The van der Waals surface area contributed by atoms with Crippen molar-refractivity contribution in [1.82, 2.24) is 0 Å². The Bertz CT molecular complexity index is 2320. The van der Waals surface area contributed by atoms with E-state index in [0.717, 1.165) is 167 Å². The molecule has 1 N–H and O–H groups in total. The first-order valence-electron chi connectivity index (χ1n) is 37.2. The van der Waals surface area contributed by atoms with E-state index in [1.807, 2.05) is 21.1 Å². The maximum Gasteiger partial charge on any atom is 0.361 e. The van der Waals surface area contributed by atoms with Gasteiger partial charge in [-0.2, -0.15) is 0 Å². The van der Waals surface area contributed by atoms with E-state index in [0.29, 0.717) is 17.4 Å². The lowest BCUT2D eigenvalue weighted by Gasteiger charge is -2.25. The van der Waals surface area contributed by atoms with Gasteiger partial charge in [0.05, 0.1) is 34.4 Å². The molecule has 0 bridgehead atoms. The third kappa shape index (κ3) is 75.1. The molecule has 0 saturated carbocycles. The number of esters is 2. The Balaban J connectivity index is 4.21. The topological polar surface area (TPSA) is 108 Å². The smallest absolute Gasteiger partial charge is 0.361 e. The summed E-state index contributed by atoms with van der Waals surface area (Å²) >= 11 is 0. The molecule has 2 unspecified atom stereocenters. The van der Waals surface area contributed by atoms with Gasteiger partial charge in [-0.1, -0.05) is 304 Å². The molecule has 0 aliphatic carbocycles. The van der Waals surface area contributed by atoms with Crippen LogP contribution >= 0.6 is 0 Å². The number of ether oxygens (including phenoxy) is 4. The van der Waals surface area contributed by atoms with Crippen LogP contribution in [-0.4, -0.2) is 87.4 Å². The molecule has 0 aliphatic heterocycles. The summed E-state index contributed by atoms with van der Waals surface area (Å²) in [4.78, 5) is 37.7. The molecule has 95 heavy (non-hydrogen) atoms. The molecule has 9 nitrogen and oxygen atoms in total. The van der Waals surface area contributed by atoms with Crippen molar-refractivity contribution in [2.24, 2.45) is 0 Å². The molecule has 0 aromatic heterocycles. The predicted molar refractivity (Wildman–Crippen MR) is 409 cm³/mol. The molecule has 0 heterocycles. The number of carboxylic acid groups (broad SMARTS) is 1. The lowest BCUT2D eigenvalue weighted by Crippen LogP contribution is -2.40. The minimum Gasteiger partial charge on any atom is -0.477 e. The second-order valence-electron chi connectivity index (χ2n) is 25.1. The van der Waals surface area contributed by atoms with Gasteiger partial charge in [-0.05, 0) is 148 Å². The van der Waals surface area contributed by atoms with Crippen molar-refractivity contribution in [3.63, 3.8) is 0 Å². The zero-order chi connectivity index (χ0) is 69.0. The Morgan fingerprint density at radius 1 is 0.316 bits per heavy atom. The number of hydrogen-bond donors (Lipinski definition) is 1. The fraction of sp³-hybridized carbons (Fsp3) is 0.570. The van der Waals surface area contributed by atoms with Crippen LogP contribution in [0.15, 0.2) is 207 Å². The fourth-order valence-corrected chi connectivity index (χ4v) is 9.43. The summed E-state index contributed by atoms with van der Waals surface area (Å²) < 4.78 is 23.0. The number of likely N-dealkylation sites (N-methyl/N-ethyl adjacent to an activating group) is 1. The Labute approximate surface area is 582 Å². The molecule has 0 aromatic rings. The molecule has 0 aliphatic rings. The van der Waals surface area contributed by atoms with E-state index in [1.54, 1.807) is 0 Å². The summed E-state index contributed by atoms with van der Waals surface area (Å²) in [7, 11) is 5.96. The van der Waals surface area contributed by atoms with E-state index >= 15 is 0 Å². The molecule has 0 rings (SSSR count). The van der Waals surface area contributed by atoms with Crippen LogP contribution in [0.1, 0.15) is 258 Å². The summed E-state index contributed by atoms with van der Waals surface area (Å²) in [6.45, 7) is 4.61. The van der Waals surface area contributed by atoms with E-state index in [4.69, 9.17) is 18.9 Å². The van der Waals surface area contributed by atoms with Crippen LogP contribution in [0.3, 0.4) is 0 Å². The van der Waals surface area contributed by atoms with Crippen molar-refractivity contribution in [1.29, 1.82) is 0 Å². The first-order valence-corrected chi connectivity index (χ1v) is 37.2. The number of unbranched alkanes of at least 4 members (excludes halogenated alkanes) is 17. The number of hydrogen-bond acceptors (Lipinski definition) is 7. The quantitative estimate of drug-likeness (QED) is 0.0211. The first kappa shape index (κ1) is 88.9. The maximum atomic E-state index is 13.0. The molecule has 0 aromatic carbocycles. The Morgan fingerprint density at radius 2 is 0.568 bits per heavy atom. The molecule has 2 atom stereocenters. The minimum absolute atomic E-state index is 0.174. The number of carbonyl (C=O) groups is 3. The second-order valence-corrected chi connectivity index (χ2v) is 25.1. The van der Waals surface area contributed by atoms with Gasteiger partial charge in [0.25, 0.3) is 6.29 Å². The van der Waals surface area contributed by atoms with Crippen molar-refractivity contribution in [3.05, 3.63) is 207 Å². The van der Waals surface area contributed by atoms with Crippen LogP contribution in [0.4, 0.5) is 0 Å². The largest absolute Gasteiger partial charge is 0.477 e. The fourth-order valence-electron chi connectivity index (χ4n) is 9.43. The van der Waals surface area contributed by atoms with Crippen molar-refractivity contribution >= 4 is 17.9 Å². The molecular weight excluding hydrogens is 1170 g/mol. The molecule has 0 saturated heterocycles. The second kappa shape index (κ2) is 73.7. The number of nitrogens with zero attached hydrogens (tertiary/aromatic N) is 1. The average Bonchev–Trinajstić information content (AvgIpc) is 2.92. The highest BCUT2D eigenvalue weighted by Crippen LogP contribution is 2.15. The molecular formula is C86H136NO8+. The molecule has 0 spiro atoms. The molecule has 0 amide bonds. The van der Waals surface area contributed by atoms with Gasteiger partial charge >= 0.3 is 17.9 Å². The van der Waals surface area contributed by atoms with Crippen LogP contribution in [0.5, 0.6) is 0 Å². The molecule has 9 heteroatoms. The minimum atomic E-state index is -1.53. The van der Waals surface area contributed by atoms with Crippen molar-refractivity contribution in [3.8, 4) is 0 Å². The number of aliphatic carboxylic acids is 1. The van der Waals surface area contributed by atoms with Crippen LogP contribution in [0.2, 0.25) is 0 Å². The summed E-state index contributed by atoms with van der Waals surface area (Å²) in [5.74, 6) is -2.04. The molecule has 0 fully saturated rings. The zero-order valence-corrected chi connectivity index (χ0v) is 60.7. The van der Waals surface area contributed by atoms with Crippen LogP contribution in [0, 0.1) is 0 Å². The number of carboxylic acids is 1. The third-order valence-corrected chi connectivity index (χ3v) is 15.0. The summed E-state index contributed by atoms with van der Waals surface area (Å²) in [5.41, 5.74) is 0. The molecule has 0 radical (unpaired) electrons. The number of rotatable bonds is 66. The van der Waals surface area contributed by atoms with Gasteiger partial charge in [0, 0.05) is 12.8 Å². The van der Waals surface area contributed by atoms with Gasteiger partial charge in [-0.3, -0.25) is 9.59 Å². The van der Waals surface area contributed by atoms with Crippen LogP contribution < -0.4 is 0 Å². The van der Waals surface area contributed by atoms with Crippen molar-refractivity contribution in [2.75, 3.05) is 47.5 Å². The van der Waals surface area contributed by atoms with Gasteiger partial charge < -0.3 is 28.5 Å². The highest BCUT2D eigenvalue weighted by molar-refractivity contribution is 5.71. The maximum absolute atomic E-state index is 13.0. The average molecular weight is 1310 g/mol. The van der Waals surface area contributed by atoms with Gasteiger partial charge in [-0.25, -0.2) is 4.79 Å². The standard InChI is InChI=1S/C86H135NO8/c1-6-8-10-12-14-16-18-20-22-24-26-28-30-32-34-36-38-39-40-41-42-43-44-45-47-49-51-53-55-57-59-61-63-65-67-69-71-73-75-77-84(89)95-82(81-94-86(85(90)91)92-79-78-87(3,4)5)80-93-83(88)76-74-72-70-68-66-64-62-60-58-56-54-52-50-48-46-37-35-33-31-29-27-25-23-21-19-17-15-13-11-9-7-2/h8-11,14-17,20-23,26-29,32-35,38-39,41-42,44-46,48-49,51-52,54-55,57,82,86H,6-7,12-13,18-19,24-25,30-31,36-37,40,43,47,50,53,56,58-81H2,1-5H3/p+1/b10-8-,11-9-,16-14-,17-15-,22-20-,23-21-,28-26-,29-27-,34-32-,35-33-,39-38-,42-41-,45-44-,48-46-,51-49-,54-52-,57-55-. The van der Waals surface area contributed by atoms with Gasteiger partial charge in [0.1, 0.15) is 13.2 Å². The normalized spacial score (nSPS) is 13.9. The zero-order valence-electron chi connectivity index (χ0n) is 60.7. The van der Waals surface area contributed by atoms with Gasteiger partial charge in [-0.15, -0.1) is 0 Å². The highest BCUT2D eigenvalue weighted by Gasteiger charge is 2.25. The molecule has 532 valence electrons. The summed E-state index contributed by atoms with van der Waals surface area (Å²) in [5, 5.41) is 9.76. The lowest BCUT2D eigenvalue weighted by molar-refractivity contribution is -0.870. The number of allylic oxidation sites excluding steroid dienone is 34. The predicted octanol–water partition coefficient (Wildman–Crippen LogP) is 23.9. The van der Waals surface area contributed by atoms with Crippen molar-refractivity contribution in [2.45, 2.75) is 270 Å². The Kier molecular flexibility index (Phi) is 68.9. The van der Waals surface area contributed by atoms with Crippen molar-refractivity contribution < 1.29 is 42.9 Å². The monoisotopic (exact) mass is 1310 g/mol. The highest BCUT2D eigenvalue weighted by atomic mass is 16.7. The first-order chi connectivity index (χ1) is 46.6.